The van der Waals surface area contributed by atoms with Crippen molar-refractivity contribution in [3.8, 4) is 0 Å². The van der Waals surface area contributed by atoms with Gasteiger partial charge < -0.3 is 21.7 Å². The number of benzene rings is 3. The summed E-state index contributed by atoms with van der Waals surface area (Å²) in [5.74, 6) is -1.76. The number of hydrogen-bond donors (Lipinski definition) is 6. The van der Waals surface area contributed by atoms with E-state index in [0.717, 1.165) is 11.1 Å². The van der Waals surface area contributed by atoms with Crippen LogP contribution in [-0.4, -0.2) is 49.6 Å². The Kier molecular flexibility index (Phi) is 8.83. The Hall–Kier alpha value is -4.26. The van der Waals surface area contributed by atoms with E-state index in [1.54, 1.807) is 18.2 Å². The van der Waals surface area contributed by atoms with Gasteiger partial charge in [-0.25, -0.2) is 5.14 Å². The second-order valence-corrected chi connectivity index (χ2v) is 11.0. The van der Waals surface area contributed by atoms with Crippen LogP contribution in [0, 0.1) is 5.41 Å². The number of nitrogen functional groups attached to an aromatic ring is 2. The molecule has 3 aromatic carbocycles. The second kappa shape index (κ2) is 12.3. The predicted octanol–water partition coefficient (Wildman–Crippen LogP) is 1.15. The molecule has 0 aromatic heterocycles. The number of carbonyl (C=O) groups excluding carboxylic acids is 2. The van der Waals surface area contributed by atoms with Crippen LogP contribution < -0.4 is 26.6 Å². The van der Waals surface area contributed by atoms with Crippen molar-refractivity contribution in [2.45, 2.75) is 37.4 Å². The third-order valence-electron chi connectivity index (χ3n) is 6.92. The summed E-state index contributed by atoms with van der Waals surface area (Å²) < 4.78 is 26.9. The molecule has 1 fully saturated rings. The zero-order valence-corrected chi connectivity index (χ0v) is 22.6. The quantitative estimate of drug-likeness (QED) is 0.121. The van der Waals surface area contributed by atoms with Gasteiger partial charge in [0, 0.05) is 30.3 Å². The average Bonchev–Trinajstić information content (AvgIpc) is 3.41. The third kappa shape index (κ3) is 6.84. The molecule has 3 aromatic rings. The van der Waals surface area contributed by atoms with Crippen LogP contribution in [0.2, 0.25) is 0 Å². The Morgan fingerprint density at radius 2 is 1.60 bits per heavy atom. The lowest BCUT2D eigenvalue weighted by Crippen LogP contribution is -2.56. The minimum atomic E-state index is -4.29. The van der Waals surface area contributed by atoms with Gasteiger partial charge in [-0.2, -0.15) is 13.1 Å². The molecule has 2 atom stereocenters. The van der Waals surface area contributed by atoms with Crippen LogP contribution in [0.15, 0.2) is 78.9 Å². The summed E-state index contributed by atoms with van der Waals surface area (Å²) in [6.45, 7) is 0.436. The lowest BCUT2D eigenvalue weighted by molar-refractivity contribution is -0.140. The molecule has 11 nitrogen and oxygen atoms in total. The summed E-state index contributed by atoms with van der Waals surface area (Å²) in [6.07, 6.45) is 1.000. The van der Waals surface area contributed by atoms with Crippen LogP contribution in [0.4, 0.5) is 5.69 Å². The second-order valence-electron chi connectivity index (χ2n) is 9.68. The van der Waals surface area contributed by atoms with Gasteiger partial charge in [-0.15, -0.1) is 0 Å². The first kappa shape index (κ1) is 28.7. The zero-order chi connectivity index (χ0) is 28.9. The SMILES string of the molecule is N=C(N)c1ccc(CNC(=O)C2CCCN2C(=O)C(NS(N)(=O)=O)C(c2ccccc2)c2ccccc2)cc1N. The Labute approximate surface area is 233 Å². The number of nitrogens with two attached hydrogens (primary N) is 3. The van der Waals surface area contributed by atoms with Crippen molar-refractivity contribution >= 4 is 33.5 Å². The zero-order valence-electron chi connectivity index (χ0n) is 21.8. The molecule has 12 heteroatoms. The van der Waals surface area contributed by atoms with E-state index >= 15 is 0 Å². The first-order chi connectivity index (χ1) is 19.0. The number of likely N-dealkylation sites (tertiary alicyclic amines) is 1. The molecule has 1 aliphatic rings. The Balaban J connectivity index is 1.59. The van der Waals surface area contributed by atoms with Crippen molar-refractivity contribution in [3.63, 3.8) is 0 Å². The van der Waals surface area contributed by atoms with Crippen LogP contribution in [0.5, 0.6) is 0 Å². The van der Waals surface area contributed by atoms with E-state index in [-0.39, 0.29) is 24.8 Å². The fourth-order valence-corrected chi connectivity index (χ4v) is 5.68. The van der Waals surface area contributed by atoms with Crippen molar-refractivity contribution in [2.24, 2.45) is 10.9 Å². The maximum atomic E-state index is 14.1. The molecule has 2 amide bonds. The van der Waals surface area contributed by atoms with Gasteiger partial charge >= 0.3 is 0 Å². The fourth-order valence-electron chi connectivity index (χ4n) is 5.09. The molecule has 1 heterocycles. The van der Waals surface area contributed by atoms with Crippen LogP contribution in [0.25, 0.3) is 0 Å². The lowest BCUT2D eigenvalue weighted by Gasteiger charge is -2.33. The number of amidine groups is 1. The molecule has 1 saturated heterocycles. The summed E-state index contributed by atoms with van der Waals surface area (Å²) in [5, 5.41) is 15.8. The van der Waals surface area contributed by atoms with E-state index < -0.39 is 34.1 Å². The summed E-state index contributed by atoms with van der Waals surface area (Å²) in [5.41, 5.74) is 14.3. The maximum Gasteiger partial charge on any atom is 0.275 e. The van der Waals surface area contributed by atoms with E-state index in [1.165, 1.54) is 4.90 Å². The topological polar surface area (TPSA) is 197 Å². The molecular formula is C28H33N7O4S. The average molecular weight is 564 g/mol. The summed E-state index contributed by atoms with van der Waals surface area (Å²) in [6, 6.07) is 21.1. The summed E-state index contributed by atoms with van der Waals surface area (Å²) in [4.78, 5) is 28.7. The third-order valence-corrected chi connectivity index (χ3v) is 7.50. The van der Waals surface area contributed by atoms with Crippen molar-refractivity contribution in [1.29, 1.82) is 5.41 Å². The lowest BCUT2D eigenvalue weighted by atomic mass is 9.84. The molecule has 4 rings (SSSR count). The van der Waals surface area contributed by atoms with Crippen LogP contribution in [0.3, 0.4) is 0 Å². The van der Waals surface area contributed by atoms with Gasteiger partial charge in [0.05, 0.1) is 0 Å². The van der Waals surface area contributed by atoms with Crippen LogP contribution in [-0.2, 0) is 26.3 Å². The highest BCUT2D eigenvalue weighted by Crippen LogP contribution is 2.31. The number of nitrogens with one attached hydrogen (secondary N) is 3. The molecule has 0 saturated carbocycles. The first-order valence-electron chi connectivity index (χ1n) is 12.8. The Bertz CT molecular complexity index is 1440. The van der Waals surface area contributed by atoms with Crippen LogP contribution >= 0.6 is 0 Å². The highest BCUT2D eigenvalue weighted by Gasteiger charge is 2.42. The molecule has 2 unspecified atom stereocenters. The molecule has 9 N–H and O–H groups in total. The largest absolute Gasteiger partial charge is 0.398 e. The molecule has 0 bridgehead atoms. The van der Waals surface area contributed by atoms with E-state index in [2.05, 4.69) is 10.0 Å². The van der Waals surface area contributed by atoms with Gasteiger partial charge in [-0.05, 0) is 41.7 Å². The summed E-state index contributed by atoms with van der Waals surface area (Å²) in [7, 11) is -4.29. The molecule has 1 aliphatic heterocycles. The van der Waals surface area contributed by atoms with Crippen molar-refractivity contribution in [3.05, 3.63) is 101 Å². The van der Waals surface area contributed by atoms with Gasteiger partial charge in [-0.1, -0.05) is 66.7 Å². The number of rotatable bonds is 10. The minimum absolute atomic E-state index is 0.148. The fraction of sp³-hybridized carbons (Fsp3) is 0.250. The van der Waals surface area contributed by atoms with Crippen molar-refractivity contribution in [1.82, 2.24) is 14.9 Å². The number of amides is 2. The van der Waals surface area contributed by atoms with Crippen LogP contribution in [0.1, 0.15) is 41.0 Å². The smallest absolute Gasteiger partial charge is 0.275 e. The number of carbonyl (C=O) groups is 2. The Morgan fingerprint density at radius 3 is 2.12 bits per heavy atom. The van der Waals surface area contributed by atoms with Crippen molar-refractivity contribution in [2.75, 3.05) is 12.3 Å². The molecule has 0 radical (unpaired) electrons. The van der Waals surface area contributed by atoms with Gasteiger partial charge in [0.2, 0.25) is 11.8 Å². The molecule has 0 aliphatic carbocycles. The maximum absolute atomic E-state index is 14.1. The van der Waals surface area contributed by atoms with Gasteiger partial charge in [-0.3, -0.25) is 15.0 Å². The van der Waals surface area contributed by atoms with Gasteiger partial charge in [0.25, 0.3) is 10.2 Å². The Morgan fingerprint density at radius 1 is 1.00 bits per heavy atom. The first-order valence-corrected chi connectivity index (χ1v) is 14.3. The number of hydrogen-bond acceptors (Lipinski definition) is 6. The van der Waals surface area contributed by atoms with E-state index in [1.807, 2.05) is 60.7 Å². The van der Waals surface area contributed by atoms with E-state index in [0.29, 0.717) is 29.7 Å². The number of anilines is 1. The van der Waals surface area contributed by atoms with Gasteiger partial charge in [0.1, 0.15) is 17.9 Å². The highest BCUT2D eigenvalue weighted by molar-refractivity contribution is 7.87. The molecule has 210 valence electrons. The predicted molar refractivity (Wildman–Crippen MR) is 153 cm³/mol. The molecule has 40 heavy (non-hydrogen) atoms. The monoisotopic (exact) mass is 563 g/mol. The minimum Gasteiger partial charge on any atom is -0.398 e. The normalized spacial score (nSPS) is 16.1. The molecule has 0 spiro atoms. The number of nitrogens with zero attached hydrogens (tertiary/aromatic N) is 1. The van der Waals surface area contributed by atoms with E-state index in [9.17, 15) is 18.0 Å². The molecular weight excluding hydrogens is 530 g/mol. The van der Waals surface area contributed by atoms with Gasteiger partial charge in [0.15, 0.2) is 0 Å². The standard InChI is InChI=1S/C28H33N7O4S/c29-22-16-18(13-14-21(22)26(30)31)17-33-27(36)23-12-7-15-35(23)28(37)25(34-40(32,38)39)24(19-8-3-1-4-9-19)20-10-5-2-6-11-20/h1-6,8-11,13-14,16,23-25,34H,7,12,15,17,29H2,(H3,30,31)(H,33,36)(H2,32,38,39). The van der Waals surface area contributed by atoms with Crippen molar-refractivity contribution < 1.29 is 18.0 Å². The van der Waals surface area contributed by atoms with E-state index in [4.69, 9.17) is 22.0 Å². The summed E-state index contributed by atoms with van der Waals surface area (Å²) >= 11 is 0. The highest BCUT2D eigenvalue weighted by atomic mass is 32.2.